The highest BCUT2D eigenvalue weighted by atomic mass is 32.1. The van der Waals surface area contributed by atoms with Crippen LogP contribution in [-0.2, 0) is 4.79 Å². The third-order valence-electron chi connectivity index (χ3n) is 4.19. The molecule has 27 heavy (non-hydrogen) atoms. The molecule has 2 heterocycles. The summed E-state index contributed by atoms with van der Waals surface area (Å²) in [5, 5.41) is 3.45. The minimum atomic E-state index is -2.92. The Morgan fingerprint density at radius 3 is 2.85 bits per heavy atom. The average molecular weight is 393 g/mol. The number of benzene rings is 2. The molecular formula is C18H14F3N3O2S. The van der Waals surface area contributed by atoms with Crippen molar-refractivity contribution in [3.8, 4) is 5.75 Å². The lowest BCUT2D eigenvalue weighted by Crippen LogP contribution is -2.52. The monoisotopic (exact) mass is 393 g/mol. The Kier molecular flexibility index (Phi) is 4.61. The summed E-state index contributed by atoms with van der Waals surface area (Å²) in [4.78, 5) is 18.7. The Bertz CT molecular complexity index is 989. The number of carbonyl (C=O) groups excluding carboxylic acids is 1. The number of carbonyl (C=O) groups is 1. The number of alkyl halides is 2. The third kappa shape index (κ3) is 3.82. The zero-order chi connectivity index (χ0) is 19.0. The molecule has 0 atom stereocenters. The average Bonchev–Trinajstić information content (AvgIpc) is 2.95. The van der Waals surface area contributed by atoms with E-state index in [9.17, 15) is 18.0 Å². The minimum Gasteiger partial charge on any atom is -0.435 e. The zero-order valence-corrected chi connectivity index (χ0v) is 14.7. The molecule has 1 aliphatic rings. The van der Waals surface area contributed by atoms with E-state index in [-0.39, 0.29) is 23.4 Å². The molecule has 1 amide bonds. The fourth-order valence-electron chi connectivity index (χ4n) is 2.82. The normalized spacial score (nSPS) is 14.4. The molecule has 1 saturated heterocycles. The van der Waals surface area contributed by atoms with E-state index in [0.717, 1.165) is 15.3 Å². The molecule has 5 nitrogen and oxygen atoms in total. The largest absolute Gasteiger partial charge is 0.435 e. The number of hydrogen-bond acceptors (Lipinski definition) is 5. The van der Waals surface area contributed by atoms with Crippen LogP contribution in [0.3, 0.4) is 0 Å². The number of halogens is 3. The van der Waals surface area contributed by atoms with Gasteiger partial charge in [0.1, 0.15) is 11.6 Å². The van der Waals surface area contributed by atoms with E-state index < -0.39 is 6.61 Å². The van der Waals surface area contributed by atoms with Crippen molar-refractivity contribution in [3.05, 3.63) is 48.3 Å². The second kappa shape index (κ2) is 7.07. The molecule has 2 aromatic carbocycles. The molecule has 1 N–H and O–H groups in total. The van der Waals surface area contributed by atoms with Gasteiger partial charge in [-0.1, -0.05) is 17.4 Å². The molecule has 0 aliphatic carbocycles. The first-order valence-electron chi connectivity index (χ1n) is 8.15. The summed E-state index contributed by atoms with van der Waals surface area (Å²) in [7, 11) is 0. The van der Waals surface area contributed by atoms with E-state index in [1.165, 1.54) is 41.7 Å². The van der Waals surface area contributed by atoms with E-state index in [2.05, 4.69) is 15.0 Å². The number of fused-ring (bicyclic) bond motifs is 1. The summed E-state index contributed by atoms with van der Waals surface area (Å²) in [6.45, 7) is -1.94. The molecule has 9 heteroatoms. The van der Waals surface area contributed by atoms with Gasteiger partial charge in [-0.3, -0.25) is 4.79 Å². The van der Waals surface area contributed by atoms with Gasteiger partial charge in [0.05, 0.1) is 16.1 Å². The highest BCUT2D eigenvalue weighted by Gasteiger charge is 2.34. The number of anilines is 2. The molecule has 0 unspecified atom stereocenters. The van der Waals surface area contributed by atoms with Crippen LogP contribution in [0.25, 0.3) is 10.2 Å². The van der Waals surface area contributed by atoms with Gasteiger partial charge in [0.25, 0.3) is 0 Å². The molecular weight excluding hydrogens is 379 g/mol. The first-order valence-corrected chi connectivity index (χ1v) is 8.96. The first kappa shape index (κ1) is 17.6. The molecule has 0 bridgehead atoms. The summed E-state index contributed by atoms with van der Waals surface area (Å²) in [5.74, 6) is -0.766. The molecule has 0 saturated carbocycles. The quantitative estimate of drug-likeness (QED) is 0.709. The van der Waals surface area contributed by atoms with Gasteiger partial charge in [-0.25, -0.2) is 9.37 Å². The lowest BCUT2D eigenvalue weighted by molar-refractivity contribution is -0.120. The fourth-order valence-corrected chi connectivity index (χ4v) is 3.83. The van der Waals surface area contributed by atoms with Crippen LogP contribution in [-0.4, -0.2) is 30.6 Å². The van der Waals surface area contributed by atoms with Crippen LogP contribution in [0.15, 0.2) is 42.5 Å². The van der Waals surface area contributed by atoms with Crippen molar-refractivity contribution in [1.29, 1.82) is 0 Å². The highest BCUT2D eigenvalue weighted by Crippen LogP contribution is 2.33. The Labute approximate surface area is 156 Å². The Balaban J connectivity index is 1.36. The fraction of sp³-hybridized carbons (Fsp3) is 0.222. The van der Waals surface area contributed by atoms with Gasteiger partial charge in [0.2, 0.25) is 5.91 Å². The molecule has 1 aromatic heterocycles. The molecule has 3 aromatic rings. The predicted octanol–water partition coefficient (Wildman–Crippen LogP) is 4.11. The second-order valence-corrected chi connectivity index (χ2v) is 7.12. The minimum absolute atomic E-state index is 0.0141. The second-order valence-electron chi connectivity index (χ2n) is 6.11. The summed E-state index contributed by atoms with van der Waals surface area (Å²) in [6, 6.07) is 10.3. The van der Waals surface area contributed by atoms with Crippen molar-refractivity contribution in [2.24, 2.45) is 5.92 Å². The molecule has 1 aliphatic heterocycles. The third-order valence-corrected chi connectivity index (χ3v) is 5.27. The number of nitrogens with one attached hydrogen (secondary N) is 1. The van der Waals surface area contributed by atoms with Crippen LogP contribution in [0.1, 0.15) is 0 Å². The van der Waals surface area contributed by atoms with Crippen molar-refractivity contribution in [2.45, 2.75) is 6.61 Å². The van der Waals surface area contributed by atoms with Gasteiger partial charge < -0.3 is 15.0 Å². The maximum Gasteiger partial charge on any atom is 0.387 e. The van der Waals surface area contributed by atoms with Gasteiger partial charge in [-0.2, -0.15) is 8.78 Å². The van der Waals surface area contributed by atoms with E-state index in [1.54, 1.807) is 12.1 Å². The standard InChI is InChI=1S/C18H14F3N3O2S/c19-11-4-5-14-15(6-11)27-18(23-14)24-8-10(9-24)16(25)22-12-2-1-3-13(7-12)26-17(20)21/h1-7,10,17H,8-9H2,(H,22,25). The SMILES string of the molecule is O=C(Nc1cccc(OC(F)F)c1)C1CN(c2nc3ccc(F)cc3s2)C1. The molecule has 4 rings (SSSR count). The van der Waals surface area contributed by atoms with Gasteiger partial charge in [0.15, 0.2) is 5.13 Å². The first-order chi connectivity index (χ1) is 13.0. The van der Waals surface area contributed by atoms with Crippen LogP contribution in [0.5, 0.6) is 5.75 Å². The summed E-state index contributed by atoms with van der Waals surface area (Å²) < 4.78 is 42.9. The van der Waals surface area contributed by atoms with E-state index in [0.29, 0.717) is 18.8 Å². The molecule has 0 spiro atoms. The van der Waals surface area contributed by atoms with Crippen LogP contribution in [0.4, 0.5) is 24.0 Å². The van der Waals surface area contributed by atoms with Crippen LogP contribution >= 0.6 is 11.3 Å². The lowest BCUT2D eigenvalue weighted by Gasteiger charge is -2.37. The van der Waals surface area contributed by atoms with Gasteiger partial charge in [0, 0.05) is 24.8 Å². The number of aromatic nitrogens is 1. The maximum absolute atomic E-state index is 13.3. The Morgan fingerprint density at radius 2 is 2.07 bits per heavy atom. The molecule has 0 radical (unpaired) electrons. The van der Waals surface area contributed by atoms with Crippen molar-refractivity contribution in [3.63, 3.8) is 0 Å². The van der Waals surface area contributed by atoms with E-state index >= 15 is 0 Å². The van der Waals surface area contributed by atoms with Crippen LogP contribution < -0.4 is 15.0 Å². The number of ether oxygens (including phenoxy) is 1. The maximum atomic E-state index is 13.3. The Morgan fingerprint density at radius 1 is 1.26 bits per heavy atom. The summed E-state index contributed by atoms with van der Waals surface area (Å²) >= 11 is 1.38. The van der Waals surface area contributed by atoms with Crippen molar-refractivity contribution < 1.29 is 22.7 Å². The highest BCUT2D eigenvalue weighted by molar-refractivity contribution is 7.22. The Hall–Kier alpha value is -2.81. The molecule has 1 fully saturated rings. The predicted molar refractivity (Wildman–Crippen MR) is 97.0 cm³/mol. The van der Waals surface area contributed by atoms with Crippen LogP contribution in [0, 0.1) is 11.7 Å². The van der Waals surface area contributed by atoms with Gasteiger partial charge in [-0.15, -0.1) is 0 Å². The van der Waals surface area contributed by atoms with E-state index in [4.69, 9.17) is 0 Å². The smallest absolute Gasteiger partial charge is 0.387 e. The summed E-state index contributed by atoms with van der Waals surface area (Å²) in [6.07, 6.45) is 0. The van der Waals surface area contributed by atoms with Gasteiger partial charge >= 0.3 is 6.61 Å². The molecule has 140 valence electrons. The number of nitrogens with zero attached hydrogens (tertiary/aromatic N) is 2. The number of amides is 1. The van der Waals surface area contributed by atoms with E-state index in [1.807, 2.05) is 4.90 Å². The lowest BCUT2D eigenvalue weighted by atomic mass is 10.00. The van der Waals surface area contributed by atoms with Crippen LogP contribution in [0.2, 0.25) is 0 Å². The number of hydrogen-bond donors (Lipinski definition) is 1. The van der Waals surface area contributed by atoms with Crippen molar-refractivity contribution in [1.82, 2.24) is 4.98 Å². The van der Waals surface area contributed by atoms with Crippen molar-refractivity contribution >= 4 is 38.3 Å². The number of rotatable bonds is 5. The topological polar surface area (TPSA) is 54.5 Å². The van der Waals surface area contributed by atoms with Gasteiger partial charge in [-0.05, 0) is 30.3 Å². The van der Waals surface area contributed by atoms with Crippen molar-refractivity contribution in [2.75, 3.05) is 23.3 Å². The number of thiazole rings is 1. The summed E-state index contributed by atoms with van der Waals surface area (Å²) in [5.41, 5.74) is 1.12. The zero-order valence-electron chi connectivity index (χ0n) is 13.9.